The Hall–Kier alpha value is -2.32. The zero-order valence-electron chi connectivity index (χ0n) is 19.4. The first-order valence-corrected chi connectivity index (χ1v) is 11.7. The standard InChI is InChI=1S/C23H35N3O3.CH2O2/c1-18-23(27)26-12-6-7-20(26)17-25(18)16-19-8-9-21(22(15-19)28-2)29-14-13-24-10-4-3-5-11-24;2-1-3/h8-9,15,18,20H,3-7,10-14,16-17H2,1-2H3;1H,(H,2,3)/t18-,20-;/m0./s1. The van der Waals surface area contributed by atoms with Crippen molar-refractivity contribution in [1.82, 2.24) is 14.7 Å². The van der Waals surface area contributed by atoms with Crippen molar-refractivity contribution in [2.24, 2.45) is 0 Å². The molecule has 3 heterocycles. The number of methoxy groups -OCH3 is 1. The molecule has 3 fully saturated rings. The SMILES string of the molecule is COc1cc(CN2C[C@@H]3CCCN3C(=O)[C@@H]2C)ccc1OCCN1CCCCC1.O=CO. The second-order valence-corrected chi connectivity index (χ2v) is 8.77. The summed E-state index contributed by atoms with van der Waals surface area (Å²) >= 11 is 0. The Morgan fingerprint density at radius 3 is 2.59 bits per heavy atom. The van der Waals surface area contributed by atoms with Gasteiger partial charge in [0.25, 0.3) is 6.47 Å². The van der Waals surface area contributed by atoms with Crippen LogP contribution in [0.2, 0.25) is 0 Å². The van der Waals surface area contributed by atoms with E-state index in [-0.39, 0.29) is 18.4 Å². The third-order valence-corrected chi connectivity index (χ3v) is 6.74. The molecule has 3 aliphatic heterocycles. The Kier molecular flexibility index (Phi) is 9.17. The molecule has 1 aromatic carbocycles. The van der Waals surface area contributed by atoms with E-state index in [0.29, 0.717) is 12.6 Å². The summed E-state index contributed by atoms with van der Waals surface area (Å²) in [5.41, 5.74) is 1.16. The molecule has 1 aromatic rings. The van der Waals surface area contributed by atoms with Crippen molar-refractivity contribution in [2.45, 2.75) is 57.7 Å². The Morgan fingerprint density at radius 1 is 1.12 bits per heavy atom. The Morgan fingerprint density at radius 2 is 1.88 bits per heavy atom. The second-order valence-electron chi connectivity index (χ2n) is 8.77. The number of carboxylic acid groups (broad SMARTS) is 1. The first-order valence-electron chi connectivity index (χ1n) is 11.7. The molecule has 3 aliphatic rings. The Bertz CT molecular complexity index is 753. The fraction of sp³-hybridized carbons (Fsp3) is 0.667. The molecule has 2 atom stereocenters. The molecule has 8 heteroatoms. The molecule has 0 spiro atoms. The van der Waals surface area contributed by atoms with Gasteiger partial charge in [0, 0.05) is 32.2 Å². The third-order valence-electron chi connectivity index (χ3n) is 6.74. The highest BCUT2D eigenvalue weighted by Crippen LogP contribution is 2.31. The van der Waals surface area contributed by atoms with Crippen LogP contribution in [0, 0.1) is 0 Å². The molecule has 0 aliphatic carbocycles. The summed E-state index contributed by atoms with van der Waals surface area (Å²) in [4.78, 5) is 27.9. The van der Waals surface area contributed by atoms with Crippen LogP contribution in [-0.4, -0.2) is 90.7 Å². The zero-order chi connectivity index (χ0) is 22.9. The van der Waals surface area contributed by atoms with E-state index in [1.165, 1.54) is 32.4 Å². The summed E-state index contributed by atoms with van der Waals surface area (Å²) in [7, 11) is 1.69. The topological polar surface area (TPSA) is 82.6 Å². The minimum absolute atomic E-state index is 0.0594. The summed E-state index contributed by atoms with van der Waals surface area (Å²) in [6.07, 6.45) is 6.21. The number of hydrogen-bond acceptors (Lipinski definition) is 6. The van der Waals surface area contributed by atoms with Crippen molar-refractivity contribution >= 4 is 12.4 Å². The molecular weight excluding hydrogens is 410 g/mol. The largest absolute Gasteiger partial charge is 0.493 e. The van der Waals surface area contributed by atoms with Gasteiger partial charge in [-0.25, -0.2) is 0 Å². The van der Waals surface area contributed by atoms with E-state index in [1.54, 1.807) is 7.11 Å². The van der Waals surface area contributed by atoms with E-state index in [4.69, 9.17) is 19.4 Å². The lowest BCUT2D eigenvalue weighted by molar-refractivity contribution is -0.143. The smallest absolute Gasteiger partial charge is 0.290 e. The van der Waals surface area contributed by atoms with Gasteiger partial charge in [-0.3, -0.25) is 19.4 Å². The Balaban J connectivity index is 0.000000913. The average Bonchev–Trinajstić information content (AvgIpc) is 3.28. The molecule has 0 aromatic heterocycles. The zero-order valence-corrected chi connectivity index (χ0v) is 19.4. The van der Waals surface area contributed by atoms with Crippen LogP contribution in [0.3, 0.4) is 0 Å². The highest BCUT2D eigenvalue weighted by molar-refractivity contribution is 5.83. The maximum Gasteiger partial charge on any atom is 0.290 e. The van der Waals surface area contributed by atoms with Crippen molar-refractivity contribution in [1.29, 1.82) is 0 Å². The molecule has 8 nitrogen and oxygen atoms in total. The van der Waals surface area contributed by atoms with Crippen LogP contribution in [0.4, 0.5) is 0 Å². The fourth-order valence-corrected chi connectivity index (χ4v) is 4.97. The molecule has 1 N–H and O–H groups in total. The van der Waals surface area contributed by atoms with Crippen LogP contribution < -0.4 is 9.47 Å². The van der Waals surface area contributed by atoms with Gasteiger partial charge in [0.1, 0.15) is 6.61 Å². The lowest BCUT2D eigenvalue weighted by Crippen LogP contribution is -2.58. The van der Waals surface area contributed by atoms with E-state index in [0.717, 1.165) is 56.1 Å². The van der Waals surface area contributed by atoms with Crippen molar-refractivity contribution < 1.29 is 24.2 Å². The minimum atomic E-state index is -0.250. The van der Waals surface area contributed by atoms with Crippen molar-refractivity contribution in [2.75, 3.05) is 46.4 Å². The number of ether oxygens (including phenoxy) is 2. The van der Waals surface area contributed by atoms with Crippen molar-refractivity contribution in [3.8, 4) is 11.5 Å². The third kappa shape index (κ3) is 6.13. The van der Waals surface area contributed by atoms with Crippen LogP contribution in [0.5, 0.6) is 11.5 Å². The molecular formula is C24H37N3O5. The van der Waals surface area contributed by atoms with Gasteiger partial charge in [0.2, 0.25) is 5.91 Å². The monoisotopic (exact) mass is 447 g/mol. The predicted molar refractivity (Wildman–Crippen MR) is 122 cm³/mol. The van der Waals surface area contributed by atoms with Gasteiger partial charge in [0.05, 0.1) is 13.2 Å². The number of piperazine rings is 1. The average molecular weight is 448 g/mol. The van der Waals surface area contributed by atoms with Crippen molar-refractivity contribution in [3.05, 3.63) is 23.8 Å². The van der Waals surface area contributed by atoms with Crippen LogP contribution in [-0.2, 0) is 16.1 Å². The summed E-state index contributed by atoms with van der Waals surface area (Å²) in [6.45, 7) is 8.46. The van der Waals surface area contributed by atoms with Crippen LogP contribution >= 0.6 is 0 Å². The molecule has 0 saturated carbocycles. The number of carbonyl (C=O) groups excluding carboxylic acids is 1. The predicted octanol–water partition coefficient (Wildman–Crippen LogP) is 2.46. The number of carbonyl (C=O) groups is 2. The van der Waals surface area contributed by atoms with Crippen LogP contribution in [0.1, 0.15) is 44.6 Å². The van der Waals surface area contributed by atoms with Gasteiger partial charge in [-0.15, -0.1) is 0 Å². The van der Waals surface area contributed by atoms with Gasteiger partial charge < -0.3 is 19.5 Å². The number of benzene rings is 1. The highest BCUT2D eigenvalue weighted by atomic mass is 16.5. The van der Waals surface area contributed by atoms with Gasteiger partial charge in [-0.2, -0.15) is 0 Å². The van der Waals surface area contributed by atoms with E-state index < -0.39 is 0 Å². The summed E-state index contributed by atoms with van der Waals surface area (Å²) in [6, 6.07) is 6.52. The summed E-state index contributed by atoms with van der Waals surface area (Å²) in [5.74, 6) is 1.86. The Labute approximate surface area is 191 Å². The van der Waals surface area contributed by atoms with Crippen LogP contribution in [0.25, 0.3) is 0 Å². The number of fused-ring (bicyclic) bond motifs is 1. The van der Waals surface area contributed by atoms with Gasteiger partial charge in [-0.05, 0) is 63.4 Å². The molecule has 4 rings (SSSR count). The van der Waals surface area contributed by atoms with E-state index >= 15 is 0 Å². The van der Waals surface area contributed by atoms with E-state index in [1.807, 2.05) is 13.0 Å². The second kappa shape index (κ2) is 12.1. The van der Waals surface area contributed by atoms with E-state index in [9.17, 15) is 4.79 Å². The van der Waals surface area contributed by atoms with Crippen molar-refractivity contribution in [3.63, 3.8) is 0 Å². The van der Waals surface area contributed by atoms with Gasteiger partial charge in [0.15, 0.2) is 11.5 Å². The molecule has 0 bridgehead atoms. The highest BCUT2D eigenvalue weighted by Gasteiger charge is 2.40. The molecule has 0 radical (unpaired) electrons. The molecule has 3 saturated heterocycles. The van der Waals surface area contributed by atoms with Gasteiger partial charge >= 0.3 is 0 Å². The lowest BCUT2D eigenvalue weighted by atomic mass is 10.1. The van der Waals surface area contributed by atoms with E-state index in [2.05, 4.69) is 26.8 Å². The molecule has 32 heavy (non-hydrogen) atoms. The number of nitrogens with zero attached hydrogens (tertiary/aromatic N) is 3. The minimum Gasteiger partial charge on any atom is -0.493 e. The fourth-order valence-electron chi connectivity index (χ4n) is 4.97. The van der Waals surface area contributed by atoms with Crippen LogP contribution in [0.15, 0.2) is 18.2 Å². The lowest BCUT2D eigenvalue weighted by Gasteiger charge is -2.41. The number of hydrogen-bond donors (Lipinski definition) is 1. The number of amides is 1. The number of likely N-dealkylation sites (tertiary alicyclic amines) is 1. The molecule has 0 unspecified atom stereocenters. The maximum absolute atomic E-state index is 12.7. The van der Waals surface area contributed by atoms with Gasteiger partial charge in [-0.1, -0.05) is 12.5 Å². The summed E-state index contributed by atoms with van der Waals surface area (Å²) in [5, 5.41) is 6.89. The summed E-state index contributed by atoms with van der Waals surface area (Å²) < 4.78 is 11.6. The molecule has 178 valence electrons. The number of piperidine rings is 1. The first kappa shape index (κ1) is 24.3. The quantitative estimate of drug-likeness (QED) is 0.643. The normalized spacial score (nSPS) is 23.8. The first-order chi connectivity index (χ1) is 15.6. The molecule has 1 amide bonds. The maximum atomic E-state index is 12.7. The number of rotatable bonds is 7.